The van der Waals surface area contributed by atoms with Crippen LogP contribution in [0.4, 0.5) is 15.8 Å². The van der Waals surface area contributed by atoms with Crippen molar-refractivity contribution in [3.63, 3.8) is 0 Å². The Bertz CT molecular complexity index is 343. The predicted octanol–water partition coefficient (Wildman–Crippen LogP) is 1.60. The zero-order chi connectivity index (χ0) is 9.30. The maximum Gasteiger partial charge on any atom is 0.295 e. The van der Waals surface area contributed by atoms with Crippen molar-refractivity contribution in [1.82, 2.24) is 0 Å². The van der Waals surface area contributed by atoms with E-state index in [1.807, 2.05) is 0 Å². The molecule has 4 nitrogen and oxygen atoms in total. The van der Waals surface area contributed by atoms with E-state index in [2.05, 4.69) is 12.6 Å². The van der Waals surface area contributed by atoms with Gasteiger partial charge in [0.2, 0.25) is 0 Å². The summed E-state index contributed by atoms with van der Waals surface area (Å²) in [5, 5.41) is 10.2. The van der Waals surface area contributed by atoms with Crippen molar-refractivity contribution in [2.45, 2.75) is 4.90 Å². The van der Waals surface area contributed by atoms with E-state index in [9.17, 15) is 14.5 Å². The van der Waals surface area contributed by atoms with Gasteiger partial charge in [0.15, 0.2) is 0 Å². The lowest BCUT2D eigenvalue weighted by molar-refractivity contribution is -0.384. The summed E-state index contributed by atoms with van der Waals surface area (Å²) in [6.07, 6.45) is 0. The minimum atomic E-state index is -0.751. The molecule has 0 spiro atoms. The van der Waals surface area contributed by atoms with E-state index < -0.39 is 16.4 Å². The molecule has 1 aromatic carbocycles. The molecule has 0 aliphatic rings. The molecule has 0 atom stereocenters. The highest BCUT2D eigenvalue weighted by atomic mass is 32.1. The molecular weight excluding hydrogens is 183 g/mol. The topological polar surface area (TPSA) is 69.2 Å². The number of benzene rings is 1. The van der Waals surface area contributed by atoms with Crippen LogP contribution in [0.3, 0.4) is 0 Å². The molecule has 0 aromatic heterocycles. The molecule has 0 aliphatic heterocycles. The summed E-state index contributed by atoms with van der Waals surface area (Å²) in [6, 6.07) is 1.86. The molecular formula is C6H5FN2O2S. The van der Waals surface area contributed by atoms with Gasteiger partial charge in [0.1, 0.15) is 11.5 Å². The van der Waals surface area contributed by atoms with Crippen molar-refractivity contribution < 1.29 is 9.31 Å². The molecule has 0 heterocycles. The Balaban J connectivity index is 3.33. The van der Waals surface area contributed by atoms with Crippen LogP contribution in [0.2, 0.25) is 0 Å². The van der Waals surface area contributed by atoms with E-state index in [-0.39, 0.29) is 10.6 Å². The maximum atomic E-state index is 12.7. The summed E-state index contributed by atoms with van der Waals surface area (Å²) in [4.78, 5) is 9.47. The Hall–Kier alpha value is -1.30. The van der Waals surface area contributed by atoms with E-state index in [1.54, 1.807) is 0 Å². The standard InChI is InChI=1S/C6H5FN2O2S/c7-3-1-5(9(10)11)4(8)2-6(3)12/h1-2,12H,8H2. The molecule has 64 valence electrons. The highest BCUT2D eigenvalue weighted by Gasteiger charge is 2.14. The second kappa shape index (κ2) is 2.98. The zero-order valence-electron chi connectivity index (χ0n) is 5.82. The molecule has 0 saturated heterocycles. The van der Waals surface area contributed by atoms with Crippen LogP contribution >= 0.6 is 12.6 Å². The second-order valence-corrected chi connectivity index (χ2v) is 2.60. The predicted molar refractivity (Wildman–Crippen MR) is 44.7 cm³/mol. The molecule has 12 heavy (non-hydrogen) atoms. The Labute approximate surface area is 72.7 Å². The third-order valence-electron chi connectivity index (χ3n) is 1.29. The van der Waals surface area contributed by atoms with Crippen molar-refractivity contribution in [3.8, 4) is 0 Å². The average Bonchev–Trinajstić information content (AvgIpc) is 1.96. The van der Waals surface area contributed by atoms with E-state index in [0.29, 0.717) is 0 Å². The number of nitro benzene ring substituents is 1. The van der Waals surface area contributed by atoms with Gasteiger partial charge in [-0.15, -0.1) is 12.6 Å². The van der Waals surface area contributed by atoms with Gasteiger partial charge in [-0.25, -0.2) is 4.39 Å². The smallest absolute Gasteiger partial charge is 0.295 e. The van der Waals surface area contributed by atoms with Crippen LogP contribution in [-0.4, -0.2) is 4.92 Å². The Kier molecular flexibility index (Phi) is 2.18. The number of nitrogens with zero attached hydrogens (tertiary/aromatic N) is 1. The minimum Gasteiger partial charge on any atom is -0.393 e. The number of hydrogen-bond donors (Lipinski definition) is 2. The number of nitrogens with two attached hydrogens (primary N) is 1. The van der Waals surface area contributed by atoms with Crippen LogP contribution in [0.25, 0.3) is 0 Å². The van der Waals surface area contributed by atoms with Crippen LogP contribution in [0.15, 0.2) is 17.0 Å². The number of nitro groups is 1. The highest BCUT2D eigenvalue weighted by molar-refractivity contribution is 7.80. The molecule has 0 fully saturated rings. The Morgan fingerprint density at radius 2 is 2.17 bits per heavy atom. The number of hydrogen-bond acceptors (Lipinski definition) is 4. The first kappa shape index (κ1) is 8.79. The molecule has 0 saturated carbocycles. The fraction of sp³-hybridized carbons (Fsp3) is 0. The lowest BCUT2D eigenvalue weighted by Crippen LogP contribution is -1.96. The molecule has 1 rings (SSSR count). The van der Waals surface area contributed by atoms with E-state index >= 15 is 0 Å². The third kappa shape index (κ3) is 1.48. The van der Waals surface area contributed by atoms with Crippen molar-refractivity contribution in [2.24, 2.45) is 0 Å². The fourth-order valence-electron chi connectivity index (χ4n) is 0.726. The van der Waals surface area contributed by atoms with E-state index in [0.717, 1.165) is 12.1 Å². The zero-order valence-corrected chi connectivity index (χ0v) is 6.72. The van der Waals surface area contributed by atoms with Crippen LogP contribution in [0.1, 0.15) is 0 Å². The number of thiol groups is 1. The number of rotatable bonds is 1. The van der Waals surface area contributed by atoms with Gasteiger partial charge in [0, 0.05) is 4.90 Å². The first-order valence-electron chi connectivity index (χ1n) is 2.94. The van der Waals surface area contributed by atoms with Crippen LogP contribution in [0.5, 0.6) is 0 Å². The second-order valence-electron chi connectivity index (χ2n) is 2.12. The minimum absolute atomic E-state index is 0.00176. The number of anilines is 1. The molecule has 0 radical (unpaired) electrons. The number of nitrogen functional groups attached to an aromatic ring is 1. The van der Waals surface area contributed by atoms with Gasteiger partial charge in [-0.05, 0) is 6.07 Å². The summed E-state index contributed by atoms with van der Waals surface area (Å²) in [7, 11) is 0. The van der Waals surface area contributed by atoms with Gasteiger partial charge < -0.3 is 5.73 Å². The van der Waals surface area contributed by atoms with Gasteiger partial charge in [-0.1, -0.05) is 0 Å². The summed E-state index contributed by atoms with van der Waals surface area (Å²) < 4.78 is 12.7. The first-order chi connectivity index (χ1) is 5.52. The SMILES string of the molecule is Nc1cc(S)c(F)cc1[N+](=O)[O-]. The molecule has 6 heteroatoms. The van der Waals surface area contributed by atoms with Crippen molar-refractivity contribution in [3.05, 3.63) is 28.1 Å². The molecule has 1 aromatic rings. The highest BCUT2D eigenvalue weighted by Crippen LogP contribution is 2.26. The van der Waals surface area contributed by atoms with Crippen molar-refractivity contribution in [2.75, 3.05) is 5.73 Å². The van der Waals surface area contributed by atoms with Crippen LogP contribution in [0, 0.1) is 15.9 Å². The average molecular weight is 188 g/mol. The van der Waals surface area contributed by atoms with Gasteiger partial charge in [-0.3, -0.25) is 10.1 Å². The Morgan fingerprint density at radius 3 is 2.67 bits per heavy atom. The lowest BCUT2D eigenvalue weighted by atomic mass is 10.2. The quantitative estimate of drug-likeness (QED) is 0.304. The summed E-state index contributed by atoms with van der Waals surface area (Å²) >= 11 is 3.71. The van der Waals surface area contributed by atoms with Gasteiger partial charge in [-0.2, -0.15) is 0 Å². The van der Waals surface area contributed by atoms with E-state index in [4.69, 9.17) is 5.73 Å². The Morgan fingerprint density at radius 1 is 1.58 bits per heavy atom. The summed E-state index contributed by atoms with van der Waals surface area (Å²) in [6.45, 7) is 0. The van der Waals surface area contributed by atoms with E-state index in [1.165, 1.54) is 0 Å². The van der Waals surface area contributed by atoms with Crippen molar-refractivity contribution >= 4 is 24.0 Å². The van der Waals surface area contributed by atoms with Crippen LogP contribution in [-0.2, 0) is 0 Å². The summed E-state index contributed by atoms with van der Waals surface area (Å²) in [5.74, 6) is -0.751. The normalized spacial score (nSPS) is 9.83. The van der Waals surface area contributed by atoms with Crippen molar-refractivity contribution in [1.29, 1.82) is 0 Å². The van der Waals surface area contributed by atoms with Crippen LogP contribution < -0.4 is 5.73 Å². The molecule has 0 bridgehead atoms. The molecule has 0 amide bonds. The third-order valence-corrected chi connectivity index (χ3v) is 1.64. The lowest BCUT2D eigenvalue weighted by Gasteiger charge is -1.98. The largest absolute Gasteiger partial charge is 0.393 e. The molecule has 0 unspecified atom stereocenters. The fourth-order valence-corrected chi connectivity index (χ4v) is 0.929. The molecule has 2 N–H and O–H groups in total. The molecule has 0 aliphatic carbocycles. The number of halogens is 1. The van der Waals surface area contributed by atoms with Gasteiger partial charge in [0.25, 0.3) is 5.69 Å². The summed E-state index contributed by atoms with van der Waals surface area (Å²) in [5.41, 5.74) is 4.70. The van der Waals surface area contributed by atoms with Gasteiger partial charge >= 0.3 is 0 Å². The monoisotopic (exact) mass is 188 g/mol. The van der Waals surface area contributed by atoms with Gasteiger partial charge in [0.05, 0.1) is 11.0 Å². The maximum absolute atomic E-state index is 12.7. The first-order valence-corrected chi connectivity index (χ1v) is 3.39.